The number of alkyl halides is 2. The molecular formula is C15H12ClF2NO5S. The van der Waals surface area contributed by atoms with Gasteiger partial charge in [0.2, 0.25) is 0 Å². The summed E-state index contributed by atoms with van der Waals surface area (Å²) >= 11 is 5.79. The number of sulfonamides is 1. The van der Waals surface area contributed by atoms with E-state index < -0.39 is 16.6 Å². The maximum Gasteiger partial charge on any atom is 0.387 e. The van der Waals surface area contributed by atoms with E-state index in [0.29, 0.717) is 24.7 Å². The lowest BCUT2D eigenvalue weighted by Crippen LogP contribution is -2.16. The Bertz CT molecular complexity index is 891. The van der Waals surface area contributed by atoms with Gasteiger partial charge < -0.3 is 14.2 Å². The Hall–Kier alpha value is -2.26. The lowest BCUT2D eigenvalue weighted by atomic mass is 10.3. The smallest absolute Gasteiger partial charge is 0.387 e. The van der Waals surface area contributed by atoms with E-state index >= 15 is 0 Å². The number of hydrogen-bond acceptors (Lipinski definition) is 5. The Morgan fingerprint density at radius 1 is 1.08 bits per heavy atom. The first kappa shape index (κ1) is 17.6. The minimum atomic E-state index is -3.98. The molecule has 0 unspecified atom stereocenters. The second-order valence-corrected chi connectivity index (χ2v) is 7.02. The molecule has 0 bridgehead atoms. The van der Waals surface area contributed by atoms with Crippen LogP contribution >= 0.6 is 11.6 Å². The largest absolute Gasteiger partial charge is 0.486 e. The molecule has 0 fully saturated rings. The van der Waals surface area contributed by atoms with Crippen molar-refractivity contribution in [1.29, 1.82) is 0 Å². The van der Waals surface area contributed by atoms with Gasteiger partial charge in [-0.2, -0.15) is 8.78 Å². The van der Waals surface area contributed by atoms with Crippen molar-refractivity contribution in [2.24, 2.45) is 0 Å². The maximum atomic E-state index is 12.4. The first-order valence-electron chi connectivity index (χ1n) is 7.02. The van der Waals surface area contributed by atoms with E-state index in [1.807, 2.05) is 0 Å². The fraction of sp³-hybridized carbons (Fsp3) is 0.200. The van der Waals surface area contributed by atoms with Crippen LogP contribution in [0.1, 0.15) is 0 Å². The molecule has 6 nitrogen and oxygen atoms in total. The van der Waals surface area contributed by atoms with Crippen molar-refractivity contribution < 1.29 is 31.4 Å². The highest BCUT2D eigenvalue weighted by molar-refractivity contribution is 7.92. The van der Waals surface area contributed by atoms with Gasteiger partial charge >= 0.3 is 6.61 Å². The van der Waals surface area contributed by atoms with E-state index in [9.17, 15) is 17.2 Å². The van der Waals surface area contributed by atoms with Crippen molar-refractivity contribution in [3.8, 4) is 17.2 Å². The normalized spacial score (nSPS) is 13.6. The summed E-state index contributed by atoms with van der Waals surface area (Å²) in [6.45, 7) is -2.27. The third kappa shape index (κ3) is 4.05. The lowest BCUT2D eigenvalue weighted by Gasteiger charge is -2.19. The summed E-state index contributed by atoms with van der Waals surface area (Å²) in [5, 5.41) is -0.245. The molecule has 10 heteroatoms. The van der Waals surface area contributed by atoms with Crippen LogP contribution in [0.4, 0.5) is 14.5 Å². The molecule has 0 aliphatic carbocycles. The first-order valence-corrected chi connectivity index (χ1v) is 8.88. The summed E-state index contributed by atoms with van der Waals surface area (Å²) in [7, 11) is -3.98. The van der Waals surface area contributed by atoms with Gasteiger partial charge in [-0.1, -0.05) is 11.6 Å². The monoisotopic (exact) mass is 391 g/mol. The Labute approximate surface area is 147 Å². The molecule has 2 aromatic rings. The minimum absolute atomic E-state index is 0.200. The van der Waals surface area contributed by atoms with Gasteiger partial charge in [-0.05, 0) is 30.3 Å². The fourth-order valence-electron chi connectivity index (χ4n) is 2.16. The van der Waals surface area contributed by atoms with Gasteiger partial charge in [-0.25, -0.2) is 8.42 Å². The molecule has 2 aromatic carbocycles. The lowest BCUT2D eigenvalue weighted by molar-refractivity contribution is -0.0498. The van der Waals surface area contributed by atoms with Crippen LogP contribution in [0.15, 0.2) is 41.3 Å². The van der Waals surface area contributed by atoms with Crippen LogP contribution < -0.4 is 18.9 Å². The van der Waals surface area contributed by atoms with E-state index in [4.69, 9.17) is 21.1 Å². The van der Waals surface area contributed by atoms with Crippen molar-refractivity contribution >= 4 is 27.3 Å². The number of hydrogen-bond donors (Lipinski definition) is 1. The Morgan fingerprint density at radius 3 is 2.48 bits per heavy atom. The number of halogens is 3. The molecule has 1 aliphatic heterocycles. The molecule has 0 saturated carbocycles. The first-order chi connectivity index (χ1) is 11.8. The van der Waals surface area contributed by atoms with Crippen molar-refractivity contribution in [2.75, 3.05) is 17.9 Å². The predicted octanol–water partition coefficient (Wildman–Crippen LogP) is 3.51. The van der Waals surface area contributed by atoms with Crippen LogP contribution in [0.3, 0.4) is 0 Å². The molecule has 0 aromatic heterocycles. The van der Waals surface area contributed by atoms with Crippen LogP contribution in [0, 0.1) is 0 Å². The zero-order valence-electron chi connectivity index (χ0n) is 12.5. The number of fused-ring (bicyclic) bond motifs is 1. The summed E-state index contributed by atoms with van der Waals surface area (Å²) in [5.41, 5.74) is 0.258. The highest BCUT2D eigenvalue weighted by Gasteiger charge is 2.19. The Morgan fingerprint density at radius 2 is 1.80 bits per heavy atom. The average molecular weight is 392 g/mol. The molecular weight excluding hydrogens is 380 g/mol. The van der Waals surface area contributed by atoms with Crippen LogP contribution in [0.25, 0.3) is 0 Å². The molecule has 0 radical (unpaired) electrons. The topological polar surface area (TPSA) is 73.9 Å². The van der Waals surface area contributed by atoms with E-state index in [2.05, 4.69) is 9.46 Å². The number of nitrogens with one attached hydrogen (secondary N) is 1. The third-order valence-electron chi connectivity index (χ3n) is 3.22. The van der Waals surface area contributed by atoms with Gasteiger partial charge in [0.1, 0.15) is 19.0 Å². The molecule has 0 atom stereocenters. The van der Waals surface area contributed by atoms with E-state index in [0.717, 1.165) is 18.2 Å². The average Bonchev–Trinajstić information content (AvgIpc) is 2.56. The highest BCUT2D eigenvalue weighted by Crippen LogP contribution is 2.34. The van der Waals surface area contributed by atoms with Crippen LogP contribution in [-0.4, -0.2) is 28.2 Å². The Kier molecular flexibility index (Phi) is 4.87. The van der Waals surface area contributed by atoms with E-state index in [1.165, 1.54) is 12.1 Å². The molecule has 0 saturated heterocycles. The van der Waals surface area contributed by atoms with E-state index in [-0.39, 0.29) is 21.4 Å². The SMILES string of the molecule is O=S(=O)(Nc1ccc2c(c1)OCCO2)c1ccc(OC(F)F)c(Cl)c1. The van der Waals surface area contributed by atoms with Gasteiger partial charge in [0, 0.05) is 6.07 Å². The minimum Gasteiger partial charge on any atom is -0.486 e. The van der Waals surface area contributed by atoms with Crippen molar-refractivity contribution in [2.45, 2.75) is 11.5 Å². The van der Waals surface area contributed by atoms with Gasteiger partial charge in [0.15, 0.2) is 11.5 Å². The van der Waals surface area contributed by atoms with Crippen LogP contribution in [0.2, 0.25) is 5.02 Å². The van der Waals surface area contributed by atoms with Crippen molar-refractivity contribution in [3.05, 3.63) is 41.4 Å². The summed E-state index contributed by atoms with van der Waals surface area (Å²) < 4.78 is 66.6. The molecule has 25 heavy (non-hydrogen) atoms. The van der Waals surface area contributed by atoms with Gasteiger partial charge in [0.05, 0.1) is 15.6 Å². The van der Waals surface area contributed by atoms with Gasteiger partial charge in [0.25, 0.3) is 10.0 Å². The van der Waals surface area contributed by atoms with E-state index in [1.54, 1.807) is 6.07 Å². The van der Waals surface area contributed by atoms with Crippen LogP contribution in [0.5, 0.6) is 17.2 Å². The second-order valence-electron chi connectivity index (χ2n) is 4.93. The van der Waals surface area contributed by atoms with Gasteiger partial charge in [-0.15, -0.1) is 0 Å². The molecule has 1 N–H and O–H groups in total. The molecule has 1 aliphatic rings. The zero-order chi connectivity index (χ0) is 18.0. The molecule has 1 heterocycles. The third-order valence-corrected chi connectivity index (χ3v) is 4.90. The molecule has 134 valence electrons. The summed E-state index contributed by atoms with van der Waals surface area (Å²) in [6, 6.07) is 7.79. The van der Waals surface area contributed by atoms with Crippen molar-refractivity contribution in [1.82, 2.24) is 0 Å². The maximum absolute atomic E-state index is 12.4. The zero-order valence-corrected chi connectivity index (χ0v) is 14.1. The quantitative estimate of drug-likeness (QED) is 0.844. The summed E-state index contributed by atoms with van der Waals surface area (Å²) in [4.78, 5) is -0.200. The standard InChI is InChI=1S/C15H12ClF2NO5S/c16-11-8-10(2-4-12(11)24-15(17)18)25(20,21)19-9-1-3-13-14(7-9)23-6-5-22-13/h1-4,7-8,15,19H,5-6H2. The molecule has 0 amide bonds. The fourth-order valence-corrected chi connectivity index (χ4v) is 3.53. The van der Waals surface area contributed by atoms with Crippen LogP contribution in [-0.2, 0) is 10.0 Å². The highest BCUT2D eigenvalue weighted by atomic mass is 35.5. The predicted molar refractivity (Wildman–Crippen MR) is 86.3 cm³/mol. The van der Waals surface area contributed by atoms with Crippen molar-refractivity contribution in [3.63, 3.8) is 0 Å². The second kappa shape index (κ2) is 6.93. The Balaban J connectivity index is 1.83. The van der Waals surface area contributed by atoms with Gasteiger partial charge in [-0.3, -0.25) is 4.72 Å². The summed E-state index contributed by atoms with van der Waals surface area (Å²) in [6.07, 6.45) is 0. The number of ether oxygens (including phenoxy) is 3. The number of anilines is 1. The summed E-state index contributed by atoms with van der Waals surface area (Å²) in [5.74, 6) is 0.630. The number of benzene rings is 2. The molecule has 0 spiro atoms. The molecule has 3 rings (SSSR count). The number of rotatable bonds is 5.